The summed E-state index contributed by atoms with van der Waals surface area (Å²) in [4.78, 5) is 4.96. The molecule has 2 rings (SSSR count). The zero-order valence-corrected chi connectivity index (χ0v) is 10.6. The van der Waals surface area contributed by atoms with Crippen LogP contribution in [0.4, 0.5) is 0 Å². The number of benzene rings is 1. The van der Waals surface area contributed by atoms with E-state index < -0.39 is 0 Å². The lowest BCUT2D eigenvalue weighted by atomic mass is 10.2. The molecule has 15 heavy (non-hydrogen) atoms. The van der Waals surface area contributed by atoms with E-state index >= 15 is 0 Å². The van der Waals surface area contributed by atoms with Gasteiger partial charge in [0, 0.05) is 9.37 Å². The van der Waals surface area contributed by atoms with E-state index in [4.69, 9.17) is 5.26 Å². The molecule has 6 heteroatoms. The molecule has 1 aromatic carbocycles. The number of nitrogens with zero attached hydrogens (tertiary/aromatic N) is 3. The largest absolute Gasteiger partial charge is 0.216 e. The van der Waals surface area contributed by atoms with Crippen LogP contribution in [0.1, 0.15) is 5.56 Å². The van der Waals surface area contributed by atoms with Crippen LogP contribution >= 0.6 is 39.2 Å². The fraction of sp³-hybridized carbons (Fsp3) is 0. The molecule has 0 fully saturated rings. The normalized spacial score (nSPS) is 9.87. The van der Waals surface area contributed by atoms with Gasteiger partial charge in [-0.3, -0.25) is 0 Å². The highest BCUT2D eigenvalue weighted by atomic mass is 79.9. The third-order valence-electron chi connectivity index (χ3n) is 1.60. The van der Waals surface area contributed by atoms with Gasteiger partial charge in [0.25, 0.3) is 0 Å². The van der Waals surface area contributed by atoms with Gasteiger partial charge in [-0.25, -0.2) is 4.98 Å². The number of rotatable bonds is 2. The van der Waals surface area contributed by atoms with E-state index in [2.05, 4.69) is 31.4 Å². The van der Waals surface area contributed by atoms with Gasteiger partial charge in [-0.2, -0.15) is 9.64 Å². The third kappa shape index (κ3) is 2.56. The summed E-state index contributed by atoms with van der Waals surface area (Å²) in [6, 6.07) is 7.75. The summed E-state index contributed by atoms with van der Waals surface area (Å²) in [5.41, 5.74) is 0.643. The van der Waals surface area contributed by atoms with Crippen LogP contribution in [0.25, 0.3) is 0 Å². The fourth-order valence-corrected chi connectivity index (χ4v) is 2.81. The predicted octanol–water partition coefficient (Wildman–Crippen LogP) is 3.32. The zero-order valence-electron chi connectivity index (χ0n) is 7.35. The Kier molecular flexibility index (Phi) is 3.36. The molecule has 0 aliphatic rings. The minimum Gasteiger partial charge on any atom is -0.216 e. The SMILES string of the molecule is N#Cc1cc(Br)ccc1Sc1ncns1. The lowest BCUT2D eigenvalue weighted by Crippen LogP contribution is -1.80. The Balaban J connectivity index is 2.33. The predicted molar refractivity (Wildman–Crippen MR) is 62.9 cm³/mol. The monoisotopic (exact) mass is 297 g/mol. The van der Waals surface area contributed by atoms with Crippen LogP contribution in [0, 0.1) is 11.3 Å². The molecule has 0 unspecified atom stereocenters. The maximum atomic E-state index is 8.95. The Morgan fingerprint density at radius 1 is 1.47 bits per heavy atom. The molecule has 0 spiro atoms. The number of nitriles is 1. The third-order valence-corrected chi connectivity index (χ3v) is 3.88. The van der Waals surface area contributed by atoms with E-state index in [1.807, 2.05) is 12.1 Å². The molecule has 0 saturated carbocycles. The molecule has 1 aromatic heterocycles. The van der Waals surface area contributed by atoms with Crippen molar-refractivity contribution in [2.45, 2.75) is 9.24 Å². The first-order valence-electron chi connectivity index (χ1n) is 3.94. The fourth-order valence-electron chi connectivity index (χ4n) is 0.981. The second kappa shape index (κ2) is 4.75. The van der Waals surface area contributed by atoms with Gasteiger partial charge >= 0.3 is 0 Å². The Bertz CT molecular complexity index is 505. The van der Waals surface area contributed by atoms with Crippen molar-refractivity contribution in [3.05, 3.63) is 34.6 Å². The van der Waals surface area contributed by atoms with Gasteiger partial charge in [0.05, 0.1) is 5.56 Å². The summed E-state index contributed by atoms with van der Waals surface area (Å²) in [7, 11) is 0. The van der Waals surface area contributed by atoms with Crippen molar-refractivity contribution in [1.29, 1.82) is 5.26 Å². The van der Waals surface area contributed by atoms with Gasteiger partial charge in [0.15, 0.2) is 4.34 Å². The molecule has 0 radical (unpaired) electrons. The molecular weight excluding hydrogens is 294 g/mol. The first-order chi connectivity index (χ1) is 7.29. The quantitative estimate of drug-likeness (QED) is 0.853. The van der Waals surface area contributed by atoms with Crippen molar-refractivity contribution >= 4 is 39.2 Å². The van der Waals surface area contributed by atoms with Crippen molar-refractivity contribution in [1.82, 2.24) is 9.36 Å². The van der Waals surface area contributed by atoms with Gasteiger partial charge in [0.2, 0.25) is 0 Å². The van der Waals surface area contributed by atoms with Crippen LogP contribution < -0.4 is 0 Å². The van der Waals surface area contributed by atoms with Crippen LogP contribution in [0.15, 0.2) is 38.2 Å². The summed E-state index contributed by atoms with van der Waals surface area (Å²) in [6.45, 7) is 0. The lowest BCUT2D eigenvalue weighted by molar-refractivity contribution is 1.21. The second-order valence-electron chi connectivity index (χ2n) is 2.56. The molecule has 0 amide bonds. The standard InChI is InChI=1S/C9H4BrN3S2/c10-7-1-2-8(6(3-7)4-11)14-9-12-5-13-15-9/h1-3,5H. The van der Waals surface area contributed by atoms with E-state index in [1.54, 1.807) is 6.07 Å². The summed E-state index contributed by atoms with van der Waals surface area (Å²) in [5.74, 6) is 0. The summed E-state index contributed by atoms with van der Waals surface area (Å²) < 4.78 is 5.65. The van der Waals surface area contributed by atoms with E-state index in [-0.39, 0.29) is 0 Å². The van der Waals surface area contributed by atoms with Crippen LogP contribution in [-0.2, 0) is 0 Å². The summed E-state index contributed by atoms with van der Waals surface area (Å²) in [5, 5.41) is 8.95. The minimum atomic E-state index is 0.643. The van der Waals surface area contributed by atoms with Gasteiger partial charge in [-0.05, 0) is 29.7 Å². The molecular formula is C9H4BrN3S2. The number of hydrogen-bond acceptors (Lipinski definition) is 5. The molecule has 74 valence electrons. The van der Waals surface area contributed by atoms with Gasteiger partial charge < -0.3 is 0 Å². The van der Waals surface area contributed by atoms with E-state index in [1.165, 1.54) is 29.6 Å². The average Bonchev–Trinajstić information content (AvgIpc) is 2.73. The van der Waals surface area contributed by atoms with Crippen molar-refractivity contribution in [2.24, 2.45) is 0 Å². The van der Waals surface area contributed by atoms with Crippen molar-refractivity contribution in [3.8, 4) is 6.07 Å². The molecule has 2 aromatic rings. The molecule has 0 atom stereocenters. The highest BCUT2D eigenvalue weighted by molar-refractivity contribution is 9.10. The van der Waals surface area contributed by atoms with Crippen LogP contribution in [-0.4, -0.2) is 9.36 Å². The molecule has 3 nitrogen and oxygen atoms in total. The molecule has 0 bridgehead atoms. The average molecular weight is 298 g/mol. The smallest absolute Gasteiger partial charge is 0.174 e. The van der Waals surface area contributed by atoms with E-state index in [0.717, 1.165) is 13.7 Å². The molecule has 1 heterocycles. The van der Waals surface area contributed by atoms with E-state index in [0.29, 0.717) is 5.56 Å². The van der Waals surface area contributed by atoms with Gasteiger partial charge in [-0.15, -0.1) is 0 Å². The minimum absolute atomic E-state index is 0.643. The van der Waals surface area contributed by atoms with Crippen molar-refractivity contribution < 1.29 is 0 Å². The lowest BCUT2D eigenvalue weighted by Gasteiger charge is -2.00. The Labute approximate surface area is 103 Å². The first kappa shape index (κ1) is 10.6. The van der Waals surface area contributed by atoms with E-state index in [9.17, 15) is 0 Å². The van der Waals surface area contributed by atoms with Crippen LogP contribution in [0.3, 0.4) is 0 Å². The summed E-state index contributed by atoms with van der Waals surface area (Å²) in [6.07, 6.45) is 1.51. The second-order valence-corrected chi connectivity index (χ2v) is 5.55. The maximum absolute atomic E-state index is 8.95. The highest BCUT2D eigenvalue weighted by Gasteiger charge is 2.06. The Hall–Kier alpha value is -0.900. The topological polar surface area (TPSA) is 49.6 Å². The molecule has 0 N–H and O–H groups in total. The summed E-state index contributed by atoms with van der Waals surface area (Å²) >= 11 is 6.11. The number of halogens is 1. The number of aromatic nitrogens is 2. The van der Waals surface area contributed by atoms with Gasteiger partial charge in [0.1, 0.15) is 12.4 Å². The Morgan fingerprint density at radius 2 is 2.33 bits per heavy atom. The number of hydrogen-bond donors (Lipinski definition) is 0. The highest BCUT2D eigenvalue weighted by Crippen LogP contribution is 2.31. The van der Waals surface area contributed by atoms with Crippen molar-refractivity contribution in [3.63, 3.8) is 0 Å². The van der Waals surface area contributed by atoms with Crippen LogP contribution in [0.5, 0.6) is 0 Å². The Morgan fingerprint density at radius 3 is 3.00 bits per heavy atom. The molecule has 0 aliphatic carbocycles. The first-order valence-corrected chi connectivity index (χ1v) is 6.32. The maximum Gasteiger partial charge on any atom is 0.174 e. The van der Waals surface area contributed by atoms with Gasteiger partial charge in [-0.1, -0.05) is 27.7 Å². The zero-order chi connectivity index (χ0) is 10.7. The van der Waals surface area contributed by atoms with Crippen LogP contribution in [0.2, 0.25) is 0 Å². The van der Waals surface area contributed by atoms with Crippen molar-refractivity contribution in [2.75, 3.05) is 0 Å². The molecule has 0 aliphatic heterocycles. The molecule has 0 saturated heterocycles.